The maximum atomic E-state index is 11.5. The zero-order valence-electron chi connectivity index (χ0n) is 12.3. The van der Waals surface area contributed by atoms with Gasteiger partial charge in [0.1, 0.15) is 5.69 Å². The van der Waals surface area contributed by atoms with Crippen LogP contribution in [0.3, 0.4) is 0 Å². The minimum Gasteiger partial charge on any atom is -0.465 e. The standard InChI is InChI=1S/C12H16N4O6S/c1-23(21,22)15-6-4-14(5-7-15)9-2-3-10(13-12(17)18)11(8-9)16(19)20/h2-3,8,13H,4-7H2,1H3,(H,17,18). The van der Waals surface area contributed by atoms with Crippen LogP contribution in [0.2, 0.25) is 0 Å². The Morgan fingerprint density at radius 3 is 2.39 bits per heavy atom. The van der Waals surface area contributed by atoms with Crippen molar-refractivity contribution in [3.05, 3.63) is 28.3 Å². The third kappa shape index (κ3) is 4.07. The van der Waals surface area contributed by atoms with E-state index in [-0.39, 0.29) is 11.4 Å². The van der Waals surface area contributed by atoms with Gasteiger partial charge < -0.3 is 10.0 Å². The topological polar surface area (TPSA) is 133 Å². The molecule has 23 heavy (non-hydrogen) atoms. The first-order valence-corrected chi connectivity index (χ1v) is 8.52. The van der Waals surface area contributed by atoms with Crippen molar-refractivity contribution in [3.63, 3.8) is 0 Å². The van der Waals surface area contributed by atoms with E-state index in [4.69, 9.17) is 5.11 Å². The van der Waals surface area contributed by atoms with Crippen LogP contribution in [0.25, 0.3) is 0 Å². The highest BCUT2D eigenvalue weighted by Crippen LogP contribution is 2.30. The lowest BCUT2D eigenvalue weighted by molar-refractivity contribution is -0.383. The van der Waals surface area contributed by atoms with Crippen molar-refractivity contribution in [1.29, 1.82) is 0 Å². The molecule has 11 heteroatoms. The second-order valence-electron chi connectivity index (χ2n) is 5.04. The van der Waals surface area contributed by atoms with Crippen molar-refractivity contribution < 1.29 is 23.2 Å². The number of rotatable bonds is 4. The van der Waals surface area contributed by atoms with Crippen LogP contribution < -0.4 is 10.2 Å². The molecule has 0 unspecified atom stereocenters. The van der Waals surface area contributed by atoms with Gasteiger partial charge in [-0.1, -0.05) is 0 Å². The third-order valence-corrected chi connectivity index (χ3v) is 4.80. The Morgan fingerprint density at radius 1 is 1.30 bits per heavy atom. The molecular weight excluding hydrogens is 328 g/mol. The molecule has 10 nitrogen and oxygen atoms in total. The summed E-state index contributed by atoms with van der Waals surface area (Å²) < 4.78 is 24.3. The van der Waals surface area contributed by atoms with Gasteiger partial charge in [-0.3, -0.25) is 15.4 Å². The number of nitrogens with zero attached hydrogens (tertiary/aromatic N) is 3. The summed E-state index contributed by atoms with van der Waals surface area (Å²) in [5.74, 6) is 0. The fourth-order valence-electron chi connectivity index (χ4n) is 2.37. The SMILES string of the molecule is CS(=O)(=O)N1CCN(c2ccc(NC(=O)O)c([N+](=O)[O-])c2)CC1. The molecule has 0 aromatic heterocycles. The lowest BCUT2D eigenvalue weighted by atomic mass is 10.2. The smallest absolute Gasteiger partial charge is 0.409 e. The Morgan fingerprint density at radius 2 is 1.91 bits per heavy atom. The predicted octanol–water partition coefficient (Wildman–Crippen LogP) is 0.766. The molecule has 1 aliphatic rings. The van der Waals surface area contributed by atoms with Gasteiger partial charge in [0, 0.05) is 37.9 Å². The molecule has 1 aromatic rings. The number of carboxylic acid groups (broad SMARTS) is 1. The van der Waals surface area contributed by atoms with E-state index in [1.807, 2.05) is 10.2 Å². The van der Waals surface area contributed by atoms with Gasteiger partial charge >= 0.3 is 6.09 Å². The van der Waals surface area contributed by atoms with Gasteiger partial charge in [0.05, 0.1) is 11.2 Å². The first-order valence-electron chi connectivity index (χ1n) is 6.67. The maximum Gasteiger partial charge on any atom is 0.409 e. The predicted molar refractivity (Wildman–Crippen MR) is 83.4 cm³/mol. The largest absolute Gasteiger partial charge is 0.465 e. The molecule has 0 radical (unpaired) electrons. The molecule has 0 saturated carbocycles. The highest BCUT2D eigenvalue weighted by molar-refractivity contribution is 7.88. The molecule has 0 spiro atoms. The van der Waals surface area contributed by atoms with Crippen LogP contribution in [0.5, 0.6) is 0 Å². The van der Waals surface area contributed by atoms with Crippen LogP contribution in [0, 0.1) is 10.1 Å². The van der Waals surface area contributed by atoms with Gasteiger partial charge in [-0.2, -0.15) is 4.31 Å². The number of benzene rings is 1. The van der Waals surface area contributed by atoms with E-state index in [0.29, 0.717) is 31.9 Å². The minimum atomic E-state index is -3.25. The van der Waals surface area contributed by atoms with Crippen molar-refractivity contribution >= 4 is 33.2 Å². The summed E-state index contributed by atoms with van der Waals surface area (Å²) in [6.07, 6.45) is -0.248. The van der Waals surface area contributed by atoms with Crippen LogP contribution >= 0.6 is 0 Å². The van der Waals surface area contributed by atoms with Crippen LogP contribution in [-0.2, 0) is 10.0 Å². The zero-order valence-corrected chi connectivity index (χ0v) is 13.1. The number of nitrogens with one attached hydrogen (secondary N) is 1. The maximum absolute atomic E-state index is 11.5. The first kappa shape index (κ1) is 17.0. The van der Waals surface area contributed by atoms with Crippen molar-refractivity contribution in [2.45, 2.75) is 0 Å². The number of piperazine rings is 1. The van der Waals surface area contributed by atoms with Gasteiger partial charge in [-0.05, 0) is 12.1 Å². The zero-order chi connectivity index (χ0) is 17.2. The molecule has 2 N–H and O–H groups in total. The van der Waals surface area contributed by atoms with E-state index in [1.54, 1.807) is 6.07 Å². The third-order valence-electron chi connectivity index (χ3n) is 3.49. The fraction of sp³-hybridized carbons (Fsp3) is 0.417. The molecule has 1 aromatic carbocycles. The molecule has 1 fully saturated rings. The average Bonchev–Trinajstić information content (AvgIpc) is 2.46. The summed E-state index contributed by atoms with van der Waals surface area (Å²) in [4.78, 5) is 22.9. The summed E-state index contributed by atoms with van der Waals surface area (Å²) >= 11 is 0. The van der Waals surface area contributed by atoms with Gasteiger partial charge in [0.2, 0.25) is 10.0 Å². The highest BCUT2D eigenvalue weighted by Gasteiger charge is 2.25. The van der Waals surface area contributed by atoms with Crippen LogP contribution in [0.4, 0.5) is 21.9 Å². The van der Waals surface area contributed by atoms with Crippen molar-refractivity contribution in [3.8, 4) is 0 Å². The van der Waals surface area contributed by atoms with Crippen molar-refractivity contribution in [2.24, 2.45) is 0 Å². The Kier molecular flexibility index (Phi) is 4.71. The molecule has 1 heterocycles. The van der Waals surface area contributed by atoms with Gasteiger partial charge in [-0.25, -0.2) is 13.2 Å². The molecule has 1 aliphatic heterocycles. The van der Waals surface area contributed by atoms with Crippen LogP contribution in [-0.4, -0.2) is 61.3 Å². The van der Waals surface area contributed by atoms with E-state index in [2.05, 4.69) is 0 Å². The number of anilines is 2. The van der Waals surface area contributed by atoms with Gasteiger partial charge in [-0.15, -0.1) is 0 Å². The summed E-state index contributed by atoms with van der Waals surface area (Å²) in [6.45, 7) is 1.38. The second-order valence-corrected chi connectivity index (χ2v) is 7.02. The van der Waals surface area contributed by atoms with Crippen molar-refractivity contribution in [2.75, 3.05) is 42.7 Å². The number of nitro groups is 1. The minimum absolute atomic E-state index is 0.110. The summed E-state index contributed by atoms with van der Waals surface area (Å²) in [7, 11) is -3.25. The monoisotopic (exact) mass is 344 g/mol. The molecular formula is C12H16N4O6S. The number of carbonyl (C=O) groups is 1. The molecule has 2 rings (SSSR count). The quantitative estimate of drug-likeness (QED) is 0.608. The average molecular weight is 344 g/mol. The number of hydrogen-bond acceptors (Lipinski definition) is 6. The number of nitro benzene ring substituents is 1. The lowest BCUT2D eigenvalue weighted by Gasteiger charge is -2.34. The number of amides is 1. The fourth-order valence-corrected chi connectivity index (χ4v) is 3.19. The Hall–Kier alpha value is -2.40. The highest BCUT2D eigenvalue weighted by atomic mass is 32.2. The molecule has 0 bridgehead atoms. The summed E-state index contributed by atoms with van der Waals surface area (Å²) in [6, 6.07) is 4.17. The molecule has 1 amide bonds. The Bertz CT molecular complexity index is 727. The summed E-state index contributed by atoms with van der Waals surface area (Å²) in [5, 5.41) is 21.8. The van der Waals surface area contributed by atoms with Crippen LogP contribution in [0.1, 0.15) is 0 Å². The molecule has 0 aliphatic carbocycles. The Balaban J connectivity index is 2.20. The first-order chi connectivity index (χ1) is 10.7. The van der Waals surface area contributed by atoms with E-state index in [0.717, 1.165) is 6.26 Å². The van der Waals surface area contributed by atoms with Crippen LogP contribution in [0.15, 0.2) is 18.2 Å². The normalized spacial score (nSPS) is 16.1. The van der Waals surface area contributed by atoms with E-state index < -0.39 is 21.0 Å². The van der Waals surface area contributed by atoms with E-state index in [9.17, 15) is 23.3 Å². The van der Waals surface area contributed by atoms with E-state index in [1.165, 1.54) is 16.4 Å². The lowest BCUT2D eigenvalue weighted by Crippen LogP contribution is -2.48. The Labute approximate surface area is 132 Å². The number of hydrogen-bond donors (Lipinski definition) is 2. The summed E-state index contributed by atoms with van der Waals surface area (Å²) in [5.41, 5.74) is 0.0808. The second kappa shape index (κ2) is 6.38. The molecule has 0 atom stereocenters. The van der Waals surface area contributed by atoms with Gasteiger partial charge in [0.25, 0.3) is 5.69 Å². The van der Waals surface area contributed by atoms with Crippen molar-refractivity contribution in [1.82, 2.24) is 4.31 Å². The van der Waals surface area contributed by atoms with E-state index >= 15 is 0 Å². The van der Waals surface area contributed by atoms with Gasteiger partial charge in [0.15, 0.2) is 0 Å². The molecule has 126 valence electrons. The number of sulfonamides is 1. The molecule has 1 saturated heterocycles.